The number of hydrogen-bond acceptors (Lipinski definition) is 4. The summed E-state index contributed by atoms with van der Waals surface area (Å²) < 4.78 is 32.2. The van der Waals surface area contributed by atoms with Crippen LogP contribution in [0.15, 0.2) is 53.4 Å². The number of sulfonamides is 1. The standard InChI is InChI=1S/C21H26N2O4S/c1-27-19-11-8-17(9-12-19)10-13-21(24)22-18-6-5-7-20(16-18)28(25,26)23-14-3-2-4-15-23/h5-9,11-12,16H,2-4,10,13-15H2,1H3,(H,22,24). The predicted octanol–water partition coefficient (Wildman–Crippen LogP) is 3.44. The second-order valence-corrected chi connectivity index (χ2v) is 8.83. The van der Waals surface area contributed by atoms with Crippen LogP contribution >= 0.6 is 0 Å². The Labute approximate surface area is 166 Å². The molecule has 3 rings (SSSR count). The minimum absolute atomic E-state index is 0.150. The zero-order valence-corrected chi connectivity index (χ0v) is 16.9. The Bertz CT molecular complexity index is 904. The molecule has 28 heavy (non-hydrogen) atoms. The van der Waals surface area contributed by atoms with Gasteiger partial charge in [0.2, 0.25) is 15.9 Å². The van der Waals surface area contributed by atoms with Gasteiger partial charge in [-0.3, -0.25) is 4.79 Å². The van der Waals surface area contributed by atoms with Crippen molar-refractivity contribution in [1.29, 1.82) is 0 Å². The Morgan fingerprint density at radius 1 is 1.07 bits per heavy atom. The zero-order chi connectivity index (χ0) is 20.0. The number of carbonyl (C=O) groups is 1. The summed E-state index contributed by atoms with van der Waals surface area (Å²) in [7, 11) is -1.90. The Morgan fingerprint density at radius 2 is 1.79 bits per heavy atom. The van der Waals surface area contributed by atoms with E-state index in [1.54, 1.807) is 25.3 Å². The van der Waals surface area contributed by atoms with E-state index in [1.807, 2.05) is 24.3 Å². The molecule has 0 aromatic heterocycles. The molecule has 150 valence electrons. The molecule has 1 N–H and O–H groups in total. The highest BCUT2D eigenvalue weighted by atomic mass is 32.2. The first-order chi connectivity index (χ1) is 13.5. The number of nitrogens with zero attached hydrogens (tertiary/aromatic N) is 1. The summed E-state index contributed by atoms with van der Waals surface area (Å²) in [6.07, 6.45) is 3.76. The van der Waals surface area contributed by atoms with Gasteiger partial charge in [-0.05, 0) is 55.2 Å². The summed E-state index contributed by atoms with van der Waals surface area (Å²) in [4.78, 5) is 12.5. The molecule has 6 nitrogen and oxygen atoms in total. The van der Waals surface area contributed by atoms with Gasteiger partial charge < -0.3 is 10.1 Å². The first-order valence-corrected chi connectivity index (χ1v) is 11.0. The van der Waals surface area contributed by atoms with Crippen molar-refractivity contribution in [2.24, 2.45) is 0 Å². The van der Waals surface area contributed by atoms with Gasteiger partial charge in [-0.15, -0.1) is 0 Å². The Balaban J connectivity index is 1.61. The van der Waals surface area contributed by atoms with Crippen molar-refractivity contribution >= 4 is 21.6 Å². The van der Waals surface area contributed by atoms with Gasteiger partial charge in [-0.2, -0.15) is 4.31 Å². The molecule has 1 saturated heterocycles. The second-order valence-electron chi connectivity index (χ2n) is 6.89. The Hall–Kier alpha value is -2.38. The summed E-state index contributed by atoms with van der Waals surface area (Å²) in [6, 6.07) is 14.1. The molecule has 1 aliphatic rings. The maximum Gasteiger partial charge on any atom is 0.243 e. The summed E-state index contributed by atoms with van der Waals surface area (Å²) in [5, 5.41) is 2.80. The van der Waals surface area contributed by atoms with Crippen molar-refractivity contribution < 1.29 is 17.9 Å². The average molecular weight is 403 g/mol. The lowest BCUT2D eigenvalue weighted by molar-refractivity contribution is -0.116. The quantitative estimate of drug-likeness (QED) is 0.770. The number of hydrogen-bond donors (Lipinski definition) is 1. The third-order valence-corrected chi connectivity index (χ3v) is 6.77. The summed E-state index contributed by atoms with van der Waals surface area (Å²) in [6.45, 7) is 1.11. The van der Waals surface area contributed by atoms with Gasteiger partial charge in [0.1, 0.15) is 5.75 Å². The number of anilines is 1. The van der Waals surface area contributed by atoms with Crippen molar-refractivity contribution in [3.63, 3.8) is 0 Å². The van der Waals surface area contributed by atoms with Crippen molar-refractivity contribution in [3.8, 4) is 5.75 Å². The fraction of sp³-hybridized carbons (Fsp3) is 0.381. The number of rotatable bonds is 7. The molecule has 0 radical (unpaired) electrons. The first kappa shape index (κ1) is 20.4. The van der Waals surface area contributed by atoms with E-state index in [1.165, 1.54) is 10.4 Å². The molecule has 0 unspecified atom stereocenters. The normalized spacial score (nSPS) is 15.2. The number of ether oxygens (including phenoxy) is 1. The van der Waals surface area contributed by atoms with Crippen LogP contribution in [-0.2, 0) is 21.2 Å². The van der Waals surface area contributed by atoms with E-state index in [-0.39, 0.29) is 10.8 Å². The van der Waals surface area contributed by atoms with Crippen LogP contribution < -0.4 is 10.1 Å². The van der Waals surface area contributed by atoms with E-state index in [0.29, 0.717) is 31.6 Å². The fourth-order valence-corrected chi connectivity index (χ4v) is 4.83. The number of piperidine rings is 1. The molecule has 2 aromatic carbocycles. The monoisotopic (exact) mass is 402 g/mol. The maximum atomic E-state index is 12.8. The van der Waals surface area contributed by atoms with Gasteiger partial charge in [0, 0.05) is 25.2 Å². The van der Waals surface area contributed by atoms with Crippen molar-refractivity contribution in [1.82, 2.24) is 4.31 Å². The largest absolute Gasteiger partial charge is 0.497 e. The van der Waals surface area contributed by atoms with Crippen LogP contribution in [0, 0.1) is 0 Å². The van der Waals surface area contributed by atoms with Gasteiger partial charge in [-0.25, -0.2) is 8.42 Å². The Morgan fingerprint density at radius 3 is 2.46 bits per heavy atom. The first-order valence-electron chi connectivity index (χ1n) is 9.52. The van der Waals surface area contributed by atoms with Crippen LogP contribution in [0.4, 0.5) is 5.69 Å². The third-order valence-electron chi connectivity index (χ3n) is 4.87. The highest BCUT2D eigenvalue weighted by Crippen LogP contribution is 2.23. The van der Waals surface area contributed by atoms with Gasteiger partial charge in [0.25, 0.3) is 0 Å². The molecule has 0 spiro atoms. The topological polar surface area (TPSA) is 75.7 Å². The van der Waals surface area contributed by atoms with Crippen LogP contribution in [0.3, 0.4) is 0 Å². The highest BCUT2D eigenvalue weighted by Gasteiger charge is 2.26. The average Bonchev–Trinajstić information content (AvgIpc) is 2.73. The van der Waals surface area contributed by atoms with E-state index >= 15 is 0 Å². The van der Waals surface area contributed by atoms with E-state index in [4.69, 9.17) is 4.74 Å². The van der Waals surface area contributed by atoms with Gasteiger partial charge in [0.15, 0.2) is 0 Å². The van der Waals surface area contributed by atoms with Crippen LogP contribution in [0.5, 0.6) is 5.75 Å². The number of benzene rings is 2. The van der Waals surface area contributed by atoms with Crippen LogP contribution in [0.25, 0.3) is 0 Å². The minimum atomic E-state index is -3.51. The summed E-state index contributed by atoms with van der Waals surface area (Å²) in [5.74, 6) is 0.628. The van der Waals surface area contributed by atoms with Gasteiger partial charge in [-0.1, -0.05) is 24.6 Å². The van der Waals surface area contributed by atoms with E-state index < -0.39 is 10.0 Å². The highest BCUT2D eigenvalue weighted by molar-refractivity contribution is 7.89. The summed E-state index contributed by atoms with van der Waals surface area (Å²) >= 11 is 0. The lowest BCUT2D eigenvalue weighted by Crippen LogP contribution is -2.35. The third kappa shape index (κ3) is 5.11. The molecular formula is C21H26N2O4S. The number of carbonyl (C=O) groups excluding carboxylic acids is 1. The number of aryl methyl sites for hydroxylation is 1. The maximum absolute atomic E-state index is 12.8. The van der Waals surface area contributed by atoms with E-state index in [9.17, 15) is 13.2 Å². The number of methoxy groups -OCH3 is 1. The van der Waals surface area contributed by atoms with Crippen molar-refractivity contribution in [2.75, 3.05) is 25.5 Å². The van der Waals surface area contributed by atoms with Gasteiger partial charge in [0.05, 0.1) is 12.0 Å². The lowest BCUT2D eigenvalue weighted by Gasteiger charge is -2.26. The van der Waals surface area contributed by atoms with E-state index in [0.717, 1.165) is 30.6 Å². The molecule has 7 heteroatoms. The molecule has 0 saturated carbocycles. The zero-order valence-electron chi connectivity index (χ0n) is 16.1. The molecule has 1 fully saturated rings. The van der Waals surface area contributed by atoms with Gasteiger partial charge >= 0.3 is 0 Å². The minimum Gasteiger partial charge on any atom is -0.497 e. The van der Waals surface area contributed by atoms with E-state index in [2.05, 4.69) is 5.32 Å². The number of nitrogens with one attached hydrogen (secondary N) is 1. The number of amides is 1. The molecular weight excluding hydrogens is 376 g/mol. The van der Waals surface area contributed by atoms with Crippen molar-refractivity contribution in [2.45, 2.75) is 37.0 Å². The molecule has 1 aliphatic heterocycles. The summed E-state index contributed by atoms with van der Waals surface area (Å²) in [5.41, 5.74) is 1.54. The second kappa shape index (κ2) is 9.21. The molecule has 0 atom stereocenters. The van der Waals surface area contributed by atoms with Crippen molar-refractivity contribution in [3.05, 3.63) is 54.1 Å². The lowest BCUT2D eigenvalue weighted by atomic mass is 10.1. The fourth-order valence-electron chi connectivity index (χ4n) is 3.26. The van der Waals surface area contributed by atoms with Crippen LogP contribution in [0.2, 0.25) is 0 Å². The molecule has 1 amide bonds. The van der Waals surface area contributed by atoms with Crippen LogP contribution in [0.1, 0.15) is 31.2 Å². The molecule has 0 bridgehead atoms. The SMILES string of the molecule is COc1ccc(CCC(=O)Nc2cccc(S(=O)(=O)N3CCCCC3)c2)cc1. The predicted molar refractivity (Wildman–Crippen MR) is 109 cm³/mol. The Kier molecular flexibility index (Phi) is 6.70. The molecule has 2 aromatic rings. The smallest absolute Gasteiger partial charge is 0.243 e. The molecule has 0 aliphatic carbocycles. The molecule has 1 heterocycles. The van der Waals surface area contributed by atoms with Crippen LogP contribution in [-0.4, -0.2) is 38.8 Å².